The minimum Gasteiger partial charge on any atom is -0.489 e. The summed E-state index contributed by atoms with van der Waals surface area (Å²) in [6.45, 7) is 6.56. The first kappa shape index (κ1) is 25.9. The number of amides is 4. The van der Waals surface area contributed by atoms with Gasteiger partial charge in [-0.3, -0.25) is 14.9 Å². The quantitative estimate of drug-likeness (QED) is 0.290. The molecule has 39 heavy (non-hydrogen) atoms. The summed E-state index contributed by atoms with van der Waals surface area (Å²) in [6, 6.07) is 24.4. The summed E-state index contributed by atoms with van der Waals surface area (Å²) < 4.78 is 5.93. The number of carbonyl (C=O) groups is 3. The molecule has 1 saturated heterocycles. The predicted octanol–water partition coefficient (Wildman–Crippen LogP) is 6.40. The zero-order valence-corrected chi connectivity index (χ0v) is 22.2. The second-order valence-electron chi connectivity index (χ2n) is 9.78. The molecule has 4 amide bonds. The molecule has 3 aromatic rings. The van der Waals surface area contributed by atoms with Crippen LogP contribution >= 0.6 is 0 Å². The molecule has 2 aliphatic rings. The molecule has 0 bridgehead atoms. The number of urea groups is 1. The van der Waals surface area contributed by atoms with E-state index in [9.17, 15) is 14.4 Å². The summed E-state index contributed by atoms with van der Waals surface area (Å²) in [6.07, 6.45) is 4.42. The van der Waals surface area contributed by atoms with Gasteiger partial charge in [-0.1, -0.05) is 78.7 Å². The third kappa shape index (κ3) is 5.32. The molecule has 1 aliphatic carbocycles. The topological polar surface area (TPSA) is 75.7 Å². The second-order valence-corrected chi connectivity index (χ2v) is 9.78. The Bertz CT molecular complexity index is 1510. The van der Waals surface area contributed by atoms with Gasteiger partial charge in [-0.15, -0.1) is 0 Å². The summed E-state index contributed by atoms with van der Waals surface area (Å²) in [7, 11) is 0. The third-order valence-electron chi connectivity index (χ3n) is 7.19. The van der Waals surface area contributed by atoms with Gasteiger partial charge in [0.1, 0.15) is 17.9 Å². The van der Waals surface area contributed by atoms with Crippen LogP contribution in [0.3, 0.4) is 0 Å². The number of anilines is 1. The fourth-order valence-electron chi connectivity index (χ4n) is 5.04. The SMILES string of the molecule is CCc1ccc(N2C(=O)NC(=O)/C(=C/C3=C(C)[C@H](c4ccc(OCc5ccccc5)cc4)C(C)=C3)C2=O)cc1. The number of nitrogens with zero attached hydrogens (tertiary/aromatic N) is 1. The van der Waals surface area contributed by atoms with Gasteiger partial charge in [0.15, 0.2) is 0 Å². The van der Waals surface area contributed by atoms with Crippen molar-refractivity contribution in [3.8, 4) is 5.75 Å². The highest BCUT2D eigenvalue weighted by atomic mass is 16.5. The Balaban J connectivity index is 1.37. The first-order valence-electron chi connectivity index (χ1n) is 13.0. The van der Waals surface area contributed by atoms with Gasteiger partial charge in [-0.05, 0) is 72.9 Å². The summed E-state index contributed by atoms with van der Waals surface area (Å²) >= 11 is 0. The lowest BCUT2D eigenvalue weighted by Gasteiger charge is -2.26. The number of ether oxygens (including phenoxy) is 1. The summed E-state index contributed by atoms with van der Waals surface area (Å²) in [5.74, 6) is -0.530. The molecule has 1 heterocycles. The first-order valence-corrected chi connectivity index (χ1v) is 13.0. The van der Waals surface area contributed by atoms with E-state index in [0.29, 0.717) is 12.3 Å². The Morgan fingerprint density at radius 3 is 2.23 bits per heavy atom. The van der Waals surface area contributed by atoms with Crippen LogP contribution in [0.5, 0.6) is 5.75 Å². The smallest absolute Gasteiger partial charge is 0.335 e. The molecule has 1 fully saturated rings. The van der Waals surface area contributed by atoms with Gasteiger partial charge in [0.2, 0.25) is 0 Å². The maximum Gasteiger partial charge on any atom is 0.335 e. The molecule has 5 rings (SSSR count). The zero-order chi connectivity index (χ0) is 27.5. The maximum absolute atomic E-state index is 13.3. The monoisotopic (exact) mass is 518 g/mol. The molecule has 0 spiro atoms. The summed E-state index contributed by atoms with van der Waals surface area (Å²) in [4.78, 5) is 39.7. The van der Waals surface area contributed by atoms with E-state index in [-0.39, 0.29) is 11.5 Å². The van der Waals surface area contributed by atoms with E-state index in [0.717, 1.165) is 50.5 Å². The van der Waals surface area contributed by atoms with Crippen molar-refractivity contribution in [2.75, 3.05) is 4.90 Å². The fraction of sp³-hybridized carbons (Fsp3) is 0.182. The van der Waals surface area contributed by atoms with Gasteiger partial charge in [0.25, 0.3) is 11.8 Å². The highest BCUT2D eigenvalue weighted by Crippen LogP contribution is 2.40. The Hall–Kier alpha value is -4.71. The molecule has 0 aromatic heterocycles. The Morgan fingerprint density at radius 1 is 0.872 bits per heavy atom. The molecule has 1 aliphatic heterocycles. The average Bonchev–Trinajstić information content (AvgIpc) is 3.23. The summed E-state index contributed by atoms with van der Waals surface area (Å²) in [5.41, 5.74) is 6.54. The lowest BCUT2D eigenvalue weighted by atomic mass is 9.89. The lowest BCUT2D eigenvalue weighted by Crippen LogP contribution is -2.54. The number of carbonyl (C=O) groups excluding carboxylic acids is 3. The number of nitrogens with one attached hydrogen (secondary N) is 1. The van der Waals surface area contributed by atoms with Gasteiger partial charge in [-0.25, -0.2) is 9.69 Å². The highest BCUT2D eigenvalue weighted by Gasteiger charge is 2.37. The number of hydrogen-bond donors (Lipinski definition) is 1. The van der Waals surface area contributed by atoms with Crippen LogP contribution < -0.4 is 15.0 Å². The number of allylic oxidation sites excluding steroid dienone is 5. The van der Waals surface area contributed by atoms with E-state index in [1.54, 1.807) is 18.2 Å². The number of imide groups is 2. The van der Waals surface area contributed by atoms with Crippen molar-refractivity contribution in [3.05, 3.63) is 130 Å². The number of barbiturate groups is 1. The van der Waals surface area contributed by atoms with E-state index in [2.05, 4.69) is 5.32 Å². The lowest BCUT2D eigenvalue weighted by molar-refractivity contribution is -0.122. The fourth-order valence-corrected chi connectivity index (χ4v) is 5.04. The van der Waals surface area contributed by atoms with Crippen molar-refractivity contribution in [1.82, 2.24) is 5.32 Å². The highest BCUT2D eigenvalue weighted by molar-refractivity contribution is 6.37. The van der Waals surface area contributed by atoms with E-state index < -0.39 is 17.8 Å². The van der Waals surface area contributed by atoms with Gasteiger partial charge in [0.05, 0.1) is 5.69 Å². The molecular weight excluding hydrogens is 488 g/mol. The molecular formula is C33H30N2O4. The predicted molar refractivity (Wildman–Crippen MR) is 151 cm³/mol. The Kier molecular flexibility index (Phi) is 7.28. The van der Waals surface area contributed by atoms with Crippen molar-refractivity contribution in [3.63, 3.8) is 0 Å². The van der Waals surface area contributed by atoms with E-state index in [1.165, 1.54) is 0 Å². The van der Waals surface area contributed by atoms with E-state index in [1.807, 2.05) is 93.6 Å². The minimum atomic E-state index is -0.748. The molecule has 0 unspecified atom stereocenters. The van der Waals surface area contributed by atoms with Crippen molar-refractivity contribution in [2.45, 2.75) is 39.7 Å². The van der Waals surface area contributed by atoms with E-state index in [4.69, 9.17) is 4.74 Å². The Labute approximate surface area is 228 Å². The minimum absolute atomic E-state index is 0.0149. The third-order valence-corrected chi connectivity index (χ3v) is 7.19. The zero-order valence-electron chi connectivity index (χ0n) is 22.2. The van der Waals surface area contributed by atoms with Crippen LogP contribution in [-0.4, -0.2) is 17.8 Å². The van der Waals surface area contributed by atoms with Crippen LogP contribution in [0.4, 0.5) is 10.5 Å². The van der Waals surface area contributed by atoms with E-state index >= 15 is 0 Å². The maximum atomic E-state index is 13.3. The molecule has 196 valence electrons. The van der Waals surface area contributed by atoms with Gasteiger partial charge in [0, 0.05) is 5.92 Å². The second kappa shape index (κ2) is 11.0. The molecule has 3 aromatic carbocycles. The molecule has 6 nitrogen and oxygen atoms in total. The van der Waals surface area contributed by atoms with Crippen LogP contribution in [0.1, 0.15) is 43.4 Å². The van der Waals surface area contributed by atoms with Crippen LogP contribution in [0.2, 0.25) is 0 Å². The normalized spacial score (nSPS) is 18.5. The molecule has 1 N–H and O–H groups in total. The van der Waals surface area contributed by atoms with Crippen LogP contribution in [0.25, 0.3) is 0 Å². The Morgan fingerprint density at radius 2 is 1.56 bits per heavy atom. The van der Waals surface area contributed by atoms with Crippen molar-refractivity contribution >= 4 is 23.5 Å². The number of rotatable bonds is 7. The number of aryl methyl sites for hydroxylation is 1. The van der Waals surface area contributed by atoms with Crippen molar-refractivity contribution in [1.29, 1.82) is 0 Å². The number of benzene rings is 3. The molecule has 0 saturated carbocycles. The van der Waals surface area contributed by atoms with Crippen molar-refractivity contribution in [2.24, 2.45) is 0 Å². The van der Waals surface area contributed by atoms with Gasteiger partial charge in [-0.2, -0.15) is 0 Å². The van der Waals surface area contributed by atoms with Crippen LogP contribution in [-0.2, 0) is 22.6 Å². The molecule has 0 radical (unpaired) electrons. The van der Waals surface area contributed by atoms with Crippen molar-refractivity contribution < 1.29 is 19.1 Å². The largest absolute Gasteiger partial charge is 0.489 e. The van der Waals surface area contributed by atoms with Gasteiger partial charge >= 0.3 is 6.03 Å². The first-order chi connectivity index (χ1) is 18.9. The summed E-state index contributed by atoms with van der Waals surface area (Å²) in [5, 5.41) is 2.31. The van der Waals surface area contributed by atoms with Crippen LogP contribution in [0.15, 0.2) is 113 Å². The number of hydrogen-bond acceptors (Lipinski definition) is 4. The average molecular weight is 519 g/mol. The standard InChI is InChI=1S/C33H30N2O4/c1-4-23-10-14-27(15-11-23)35-32(37)29(31(36)34-33(35)38)19-26-18-21(2)30(22(26)3)25-12-16-28(17-13-25)39-20-24-8-6-5-7-9-24/h5-19,30H,4,20H2,1-3H3,(H,34,36,38)/b29-19-/t30-/m1/s1. The van der Waals surface area contributed by atoms with Crippen LogP contribution in [0, 0.1) is 0 Å². The van der Waals surface area contributed by atoms with Gasteiger partial charge < -0.3 is 4.74 Å². The molecule has 6 heteroatoms. The molecule has 1 atom stereocenters.